The van der Waals surface area contributed by atoms with E-state index in [4.69, 9.17) is 0 Å². The maximum absolute atomic E-state index is 13.5. The van der Waals surface area contributed by atoms with Crippen molar-refractivity contribution in [3.63, 3.8) is 0 Å². The van der Waals surface area contributed by atoms with Gasteiger partial charge in [0.15, 0.2) is 5.96 Å². The molecule has 140 valence electrons. The van der Waals surface area contributed by atoms with Gasteiger partial charge in [0.1, 0.15) is 5.82 Å². The van der Waals surface area contributed by atoms with Gasteiger partial charge in [0.2, 0.25) is 0 Å². The zero-order valence-electron chi connectivity index (χ0n) is 15.8. The molecule has 2 aromatic rings. The largest absolute Gasteiger partial charge is 0.356 e. The molecule has 0 unspecified atom stereocenters. The van der Waals surface area contributed by atoms with Gasteiger partial charge in [-0.1, -0.05) is 12.1 Å². The molecule has 0 atom stereocenters. The van der Waals surface area contributed by atoms with Crippen LogP contribution in [0.4, 0.5) is 4.39 Å². The highest BCUT2D eigenvalue weighted by molar-refractivity contribution is 5.79. The number of aromatic nitrogens is 2. The third kappa shape index (κ3) is 4.42. The summed E-state index contributed by atoms with van der Waals surface area (Å²) in [6, 6.07) is 9.05. The van der Waals surface area contributed by atoms with Crippen LogP contribution in [0.1, 0.15) is 36.2 Å². The molecule has 1 aliphatic rings. The average molecular weight is 357 g/mol. The van der Waals surface area contributed by atoms with E-state index in [-0.39, 0.29) is 11.2 Å². The van der Waals surface area contributed by atoms with Crippen molar-refractivity contribution in [2.24, 2.45) is 4.99 Å². The van der Waals surface area contributed by atoms with Gasteiger partial charge in [-0.2, -0.15) is 5.10 Å². The maximum atomic E-state index is 13.5. The van der Waals surface area contributed by atoms with Crippen LogP contribution >= 0.6 is 0 Å². The molecule has 3 rings (SSSR count). The molecule has 1 aromatic heterocycles. The second kappa shape index (κ2) is 7.89. The molecular weight excluding hydrogens is 329 g/mol. The molecule has 2 N–H and O–H groups in total. The second-order valence-electron chi connectivity index (χ2n) is 7.15. The Hall–Kier alpha value is -2.37. The lowest BCUT2D eigenvalue weighted by atomic mass is 9.96. The predicted molar refractivity (Wildman–Crippen MR) is 103 cm³/mol. The molecule has 0 radical (unpaired) electrons. The number of nitrogens with one attached hydrogen (secondary N) is 2. The van der Waals surface area contributed by atoms with Gasteiger partial charge in [0.05, 0.1) is 5.69 Å². The number of halogens is 1. The molecule has 0 saturated heterocycles. The first kappa shape index (κ1) is 18.4. The fourth-order valence-corrected chi connectivity index (χ4v) is 3.35. The van der Waals surface area contributed by atoms with E-state index in [2.05, 4.69) is 33.7 Å². The summed E-state index contributed by atoms with van der Waals surface area (Å²) >= 11 is 0. The number of nitrogens with zero attached hydrogens (tertiary/aromatic N) is 3. The zero-order valence-corrected chi connectivity index (χ0v) is 15.8. The molecule has 0 aliphatic heterocycles. The van der Waals surface area contributed by atoms with Crippen molar-refractivity contribution in [2.75, 3.05) is 20.1 Å². The molecule has 1 heterocycles. The smallest absolute Gasteiger partial charge is 0.191 e. The van der Waals surface area contributed by atoms with Crippen LogP contribution in [0.25, 0.3) is 0 Å². The Kier molecular flexibility index (Phi) is 5.59. The molecule has 1 saturated carbocycles. The SMILES string of the molecule is CN=C(NCCCn1nc(C)cc1C)NCC1(c2cccc(F)c2)CC1. The summed E-state index contributed by atoms with van der Waals surface area (Å²) in [6.45, 7) is 6.57. The average Bonchev–Trinajstić information content (AvgIpc) is 3.34. The standard InChI is InChI=1S/C20H28FN5/c1-15-12-16(2)26(25-15)11-5-10-23-19(22-3)24-14-20(8-9-20)17-6-4-7-18(21)13-17/h4,6-7,12-13H,5,8-11,14H2,1-3H3,(H2,22,23,24). The Labute approximate surface area is 154 Å². The number of rotatable bonds is 7. The molecule has 0 bridgehead atoms. The van der Waals surface area contributed by atoms with Crippen molar-refractivity contribution in [3.8, 4) is 0 Å². The number of hydrogen-bond donors (Lipinski definition) is 2. The van der Waals surface area contributed by atoms with E-state index in [0.29, 0.717) is 0 Å². The van der Waals surface area contributed by atoms with E-state index < -0.39 is 0 Å². The van der Waals surface area contributed by atoms with Crippen molar-refractivity contribution in [2.45, 2.75) is 45.1 Å². The Balaban J connectivity index is 1.44. The molecule has 1 aliphatic carbocycles. The first-order valence-electron chi connectivity index (χ1n) is 9.24. The fraction of sp³-hybridized carbons (Fsp3) is 0.500. The molecule has 26 heavy (non-hydrogen) atoms. The van der Waals surface area contributed by atoms with E-state index >= 15 is 0 Å². The third-order valence-corrected chi connectivity index (χ3v) is 5.05. The van der Waals surface area contributed by atoms with Crippen LogP contribution < -0.4 is 10.6 Å². The van der Waals surface area contributed by atoms with E-state index in [1.54, 1.807) is 19.2 Å². The van der Waals surface area contributed by atoms with Crippen LogP contribution in [0.3, 0.4) is 0 Å². The maximum Gasteiger partial charge on any atom is 0.191 e. The molecule has 5 nitrogen and oxygen atoms in total. The molecule has 0 amide bonds. The van der Waals surface area contributed by atoms with Gasteiger partial charge in [0, 0.05) is 37.8 Å². The lowest BCUT2D eigenvalue weighted by molar-refractivity contribution is 0.553. The lowest BCUT2D eigenvalue weighted by Crippen LogP contribution is -2.41. The van der Waals surface area contributed by atoms with E-state index in [1.165, 1.54) is 11.8 Å². The molecule has 1 aromatic carbocycles. The normalized spacial score (nSPS) is 15.8. The molecule has 6 heteroatoms. The van der Waals surface area contributed by atoms with Gasteiger partial charge < -0.3 is 10.6 Å². The summed E-state index contributed by atoms with van der Waals surface area (Å²) in [4.78, 5) is 4.29. The highest BCUT2D eigenvalue weighted by Gasteiger charge is 2.44. The van der Waals surface area contributed by atoms with Gasteiger partial charge in [-0.05, 0) is 56.9 Å². The Bertz CT molecular complexity index is 776. The second-order valence-corrected chi connectivity index (χ2v) is 7.15. The van der Waals surface area contributed by atoms with Crippen LogP contribution in [0.2, 0.25) is 0 Å². The van der Waals surface area contributed by atoms with Gasteiger partial charge in [-0.15, -0.1) is 0 Å². The lowest BCUT2D eigenvalue weighted by Gasteiger charge is -2.19. The van der Waals surface area contributed by atoms with E-state index in [9.17, 15) is 4.39 Å². The zero-order chi connectivity index (χ0) is 18.6. The highest BCUT2D eigenvalue weighted by atomic mass is 19.1. The monoisotopic (exact) mass is 357 g/mol. The van der Waals surface area contributed by atoms with Crippen LogP contribution in [-0.4, -0.2) is 35.9 Å². The molecule has 0 spiro atoms. The van der Waals surface area contributed by atoms with Gasteiger partial charge >= 0.3 is 0 Å². The summed E-state index contributed by atoms with van der Waals surface area (Å²) in [6.07, 6.45) is 3.13. The van der Waals surface area contributed by atoms with Crippen LogP contribution in [0.5, 0.6) is 0 Å². The Morgan fingerprint density at radius 2 is 2.08 bits per heavy atom. The predicted octanol–water partition coefficient (Wildman–Crippen LogP) is 2.93. The van der Waals surface area contributed by atoms with Gasteiger partial charge in [0.25, 0.3) is 0 Å². The summed E-state index contributed by atoms with van der Waals surface area (Å²) in [7, 11) is 1.78. The van der Waals surface area contributed by atoms with E-state index in [1.807, 2.05) is 17.7 Å². The highest BCUT2D eigenvalue weighted by Crippen LogP contribution is 2.47. The molecular formula is C20H28FN5. The minimum absolute atomic E-state index is 0.0451. The van der Waals surface area contributed by atoms with Crippen molar-refractivity contribution < 1.29 is 4.39 Å². The number of aryl methyl sites for hydroxylation is 3. The summed E-state index contributed by atoms with van der Waals surface area (Å²) in [5, 5.41) is 11.2. The van der Waals surface area contributed by atoms with Crippen molar-refractivity contribution >= 4 is 5.96 Å². The third-order valence-electron chi connectivity index (χ3n) is 5.05. The van der Waals surface area contributed by atoms with Gasteiger partial charge in [-0.25, -0.2) is 4.39 Å². The Morgan fingerprint density at radius 1 is 1.27 bits per heavy atom. The van der Waals surface area contributed by atoms with Crippen molar-refractivity contribution in [1.29, 1.82) is 0 Å². The van der Waals surface area contributed by atoms with Crippen molar-refractivity contribution in [3.05, 3.63) is 53.1 Å². The minimum atomic E-state index is -0.166. The minimum Gasteiger partial charge on any atom is -0.356 e. The Morgan fingerprint density at radius 3 is 2.69 bits per heavy atom. The summed E-state index contributed by atoms with van der Waals surface area (Å²) < 4.78 is 15.5. The first-order chi connectivity index (χ1) is 12.5. The molecule has 1 fully saturated rings. The number of hydrogen-bond acceptors (Lipinski definition) is 2. The fourth-order valence-electron chi connectivity index (χ4n) is 3.35. The van der Waals surface area contributed by atoms with Gasteiger partial charge in [-0.3, -0.25) is 9.67 Å². The first-order valence-corrected chi connectivity index (χ1v) is 9.24. The number of guanidine groups is 1. The number of benzene rings is 1. The number of aliphatic imine (C=N–C) groups is 1. The van der Waals surface area contributed by atoms with Crippen LogP contribution in [0.15, 0.2) is 35.3 Å². The quantitative estimate of drug-likeness (QED) is 0.455. The topological polar surface area (TPSA) is 54.2 Å². The summed E-state index contributed by atoms with van der Waals surface area (Å²) in [5.74, 6) is 0.626. The van der Waals surface area contributed by atoms with Crippen molar-refractivity contribution in [1.82, 2.24) is 20.4 Å². The summed E-state index contributed by atoms with van der Waals surface area (Å²) in [5.41, 5.74) is 3.37. The van der Waals surface area contributed by atoms with E-state index in [0.717, 1.165) is 56.1 Å². The van der Waals surface area contributed by atoms with Crippen LogP contribution in [-0.2, 0) is 12.0 Å². The van der Waals surface area contributed by atoms with Crippen LogP contribution in [0, 0.1) is 19.7 Å².